The molecule has 5 heteroatoms. The van der Waals surface area contributed by atoms with Crippen molar-refractivity contribution in [2.75, 3.05) is 37.6 Å². The minimum atomic E-state index is 0.0258. The molecule has 1 saturated carbocycles. The van der Waals surface area contributed by atoms with Crippen LogP contribution in [0.25, 0.3) is 0 Å². The third kappa shape index (κ3) is 3.59. The molecule has 0 aromatic heterocycles. The summed E-state index contributed by atoms with van der Waals surface area (Å²) >= 11 is 0. The van der Waals surface area contributed by atoms with Gasteiger partial charge in [0, 0.05) is 37.8 Å². The first-order valence-corrected chi connectivity index (χ1v) is 8.00. The number of anilines is 1. The summed E-state index contributed by atoms with van der Waals surface area (Å²) in [7, 11) is 0. The number of carbonyl (C=O) groups excluding carboxylic acids is 2. The van der Waals surface area contributed by atoms with Crippen molar-refractivity contribution < 1.29 is 9.59 Å². The Balaban J connectivity index is 1.46. The average molecular weight is 301 g/mol. The molecule has 1 aromatic carbocycles. The van der Waals surface area contributed by atoms with Gasteiger partial charge in [0.1, 0.15) is 0 Å². The maximum atomic E-state index is 12.1. The Bertz CT molecular complexity index is 561. The topological polar surface area (TPSA) is 52.6 Å². The maximum absolute atomic E-state index is 12.1. The quantitative estimate of drug-likeness (QED) is 0.908. The van der Waals surface area contributed by atoms with Gasteiger partial charge in [0.25, 0.3) is 0 Å². The molecule has 5 nitrogen and oxygen atoms in total. The van der Waals surface area contributed by atoms with Crippen molar-refractivity contribution in [2.45, 2.75) is 19.8 Å². The zero-order chi connectivity index (χ0) is 15.5. The fraction of sp³-hybridized carbons (Fsp3) is 0.529. The SMILES string of the molecule is Cc1cccc(N2CCN(C(=O)CNC(=O)C3CC3)CC2)c1. The lowest BCUT2D eigenvalue weighted by molar-refractivity contribution is -0.133. The van der Waals surface area contributed by atoms with E-state index in [1.807, 2.05) is 4.90 Å². The Labute approximate surface area is 131 Å². The fourth-order valence-electron chi connectivity index (χ4n) is 2.80. The van der Waals surface area contributed by atoms with E-state index in [1.165, 1.54) is 11.3 Å². The summed E-state index contributed by atoms with van der Waals surface area (Å²) in [4.78, 5) is 27.9. The number of rotatable bonds is 4. The number of amides is 2. The van der Waals surface area contributed by atoms with Crippen LogP contribution < -0.4 is 10.2 Å². The summed E-state index contributed by atoms with van der Waals surface area (Å²) in [6.45, 7) is 5.33. The van der Waals surface area contributed by atoms with E-state index in [0.717, 1.165) is 25.9 Å². The standard InChI is InChI=1S/C17H23N3O2/c1-13-3-2-4-15(11-13)19-7-9-20(10-8-19)16(21)12-18-17(22)14-5-6-14/h2-4,11,14H,5-10,12H2,1H3,(H,18,22). The van der Waals surface area contributed by atoms with Crippen molar-refractivity contribution in [2.24, 2.45) is 5.92 Å². The molecule has 0 spiro atoms. The van der Waals surface area contributed by atoms with Gasteiger partial charge in [-0.2, -0.15) is 0 Å². The number of piperazine rings is 1. The molecule has 0 unspecified atom stereocenters. The van der Waals surface area contributed by atoms with Crippen molar-refractivity contribution in [1.82, 2.24) is 10.2 Å². The highest BCUT2D eigenvalue weighted by Gasteiger charge is 2.30. The monoisotopic (exact) mass is 301 g/mol. The van der Waals surface area contributed by atoms with Gasteiger partial charge in [0.05, 0.1) is 6.54 Å². The van der Waals surface area contributed by atoms with E-state index in [4.69, 9.17) is 0 Å². The van der Waals surface area contributed by atoms with E-state index in [2.05, 4.69) is 41.4 Å². The summed E-state index contributed by atoms with van der Waals surface area (Å²) in [5.41, 5.74) is 2.47. The van der Waals surface area contributed by atoms with Crippen molar-refractivity contribution in [3.05, 3.63) is 29.8 Å². The van der Waals surface area contributed by atoms with E-state index in [-0.39, 0.29) is 24.3 Å². The molecule has 22 heavy (non-hydrogen) atoms. The van der Waals surface area contributed by atoms with Crippen LogP contribution in [0.3, 0.4) is 0 Å². The second-order valence-corrected chi connectivity index (χ2v) is 6.20. The second-order valence-electron chi connectivity index (χ2n) is 6.20. The molecule has 2 aliphatic rings. The molecule has 2 amide bonds. The third-order valence-electron chi connectivity index (χ3n) is 4.36. The van der Waals surface area contributed by atoms with Gasteiger partial charge in [-0.05, 0) is 37.5 Å². The first kappa shape index (κ1) is 14.9. The van der Waals surface area contributed by atoms with Gasteiger partial charge in [-0.25, -0.2) is 0 Å². The van der Waals surface area contributed by atoms with Gasteiger partial charge in [0.2, 0.25) is 11.8 Å². The summed E-state index contributed by atoms with van der Waals surface area (Å²) < 4.78 is 0. The lowest BCUT2D eigenvalue weighted by Crippen LogP contribution is -2.51. The number of nitrogens with zero attached hydrogens (tertiary/aromatic N) is 2. The molecule has 0 radical (unpaired) electrons. The Kier molecular flexibility index (Phi) is 4.32. The van der Waals surface area contributed by atoms with Gasteiger partial charge in [-0.1, -0.05) is 12.1 Å². The lowest BCUT2D eigenvalue weighted by atomic mass is 10.2. The lowest BCUT2D eigenvalue weighted by Gasteiger charge is -2.36. The molecule has 1 aromatic rings. The minimum Gasteiger partial charge on any atom is -0.368 e. The second kappa shape index (κ2) is 6.38. The van der Waals surface area contributed by atoms with E-state index >= 15 is 0 Å². The molecule has 1 heterocycles. The molecular weight excluding hydrogens is 278 g/mol. The Morgan fingerprint density at radius 1 is 1.18 bits per heavy atom. The number of hydrogen-bond acceptors (Lipinski definition) is 3. The Morgan fingerprint density at radius 3 is 2.55 bits per heavy atom. The average Bonchev–Trinajstić information content (AvgIpc) is 3.37. The molecule has 2 fully saturated rings. The van der Waals surface area contributed by atoms with Crippen LogP contribution >= 0.6 is 0 Å². The van der Waals surface area contributed by atoms with Crippen LogP contribution in [0, 0.1) is 12.8 Å². The maximum Gasteiger partial charge on any atom is 0.242 e. The molecule has 3 rings (SSSR count). The van der Waals surface area contributed by atoms with Crippen molar-refractivity contribution >= 4 is 17.5 Å². The van der Waals surface area contributed by atoms with Crippen LogP contribution in [-0.4, -0.2) is 49.4 Å². The highest BCUT2D eigenvalue weighted by molar-refractivity contribution is 5.87. The van der Waals surface area contributed by atoms with Crippen molar-refractivity contribution in [3.63, 3.8) is 0 Å². The summed E-state index contributed by atoms with van der Waals surface area (Å²) in [6, 6.07) is 8.44. The minimum absolute atomic E-state index is 0.0258. The highest BCUT2D eigenvalue weighted by Crippen LogP contribution is 2.28. The van der Waals surface area contributed by atoms with Gasteiger partial charge in [-0.15, -0.1) is 0 Å². The molecule has 1 saturated heterocycles. The predicted molar refractivity (Wildman–Crippen MR) is 85.7 cm³/mol. The zero-order valence-electron chi connectivity index (χ0n) is 13.0. The van der Waals surface area contributed by atoms with Crippen LogP contribution in [0.15, 0.2) is 24.3 Å². The fourth-order valence-corrected chi connectivity index (χ4v) is 2.80. The van der Waals surface area contributed by atoms with Crippen LogP contribution in [0.5, 0.6) is 0 Å². The first-order chi connectivity index (χ1) is 10.6. The number of benzene rings is 1. The molecule has 0 bridgehead atoms. The van der Waals surface area contributed by atoms with E-state index in [9.17, 15) is 9.59 Å². The number of hydrogen-bond donors (Lipinski definition) is 1. The van der Waals surface area contributed by atoms with Gasteiger partial charge < -0.3 is 15.1 Å². The summed E-state index contributed by atoms with van der Waals surface area (Å²) in [5.74, 6) is 0.218. The van der Waals surface area contributed by atoms with E-state index in [1.54, 1.807) is 0 Å². The molecular formula is C17H23N3O2. The molecule has 1 aliphatic heterocycles. The predicted octanol–water partition coefficient (Wildman–Crippen LogP) is 1.17. The van der Waals surface area contributed by atoms with Gasteiger partial charge in [0.15, 0.2) is 0 Å². The van der Waals surface area contributed by atoms with Gasteiger partial charge in [-0.3, -0.25) is 9.59 Å². The van der Waals surface area contributed by atoms with Crippen molar-refractivity contribution in [3.8, 4) is 0 Å². The summed E-state index contributed by atoms with van der Waals surface area (Å²) in [6.07, 6.45) is 1.93. The van der Waals surface area contributed by atoms with Gasteiger partial charge >= 0.3 is 0 Å². The third-order valence-corrected chi connectivity index (χ3v) is 4.36. The number of nitrogens with one attached hydrogen (secondary N) is 1. The zero-order valence-corrected chi connectivity index (χ0v) is 13.0. The number of carbonyl (C=O) groups is 2. The first-order valence-electron chi connectivity index (χ1n) is 8.00. The number of aryl methyl sites for hydroxylation is 1. The normalized spacial score (nSPS) is 18.2. The van der Waals surface area contributed by atoms with Crippen LogP contribution in [0.1, 0.15) is 18.4 Å². The van der Waals surface area contributed by atoms with Crippen LogP contribution in [-0.2, 0) is 9.59 Å². The Hall–Kier alpha value is -2.04. The highest BCUT2D eigenvalue weighted by atomic mass is 16.2. The Morgan fingerprint density at radius 2 is 1.91 bits per heavy atom. The van der Waals surface area contributed by atoms with Crippen molar-refractivity contribution in [1.29, 1.82) is 0 Å². The molecule has 0 atom stereocenters. The molecule has 1 N–H and O–H groups in total. The largest absolute Gasteiger partial charge is 0.368 e. The van der Waals surface area contributed by atoms with E-state index in [0.29, 0.717) is 13.1 Å². The van der Waals surface area contributed by atoms with Crippen LogP contribution in [0.2, 0.25) is 0 Å². The van der Waals surface area contributed by atoms with Crippen LogP contribution in [0.4, 0.5) is 5.69 Å². The smallest absolute Gasteiger partial charge is 0.242 e. The summed E-state index contributed by atoms with van der Waals surface area (Å²) in [5, 5.41) is 2.75. The van der Waals surface area contributed by atoms with E-state index < -0.39 is 0 Å². The molecule has 1 aliphatic carbocycles. The molecule has 118 valence electrons.